The molecular formula is C16H30O9Si2. The summed E-state index contributed by atoms with van der Waals surface area (Å²) in [5.41, 5.74) is 0. The van der Waals surface area contributed by atoms with Gasteiger partial charge in [0.05, 0.1) is 13.2 Å². The van der Waals surface area contributed by atoms with Crippen LogP contribution < -0.4 is 0 Å². The number of hydrogen-bond acceptors (Lipinski definition) is 9. The van der Waals surface area contributed by atoms with Crippen molar-refractivity contribution >= 4 is 29.3 Å². The van der Waals surface area contributed by atoms with E-state index in [1.54, 1.807) is 0 Å². The van der Waals surface area contributed by atoms with Crippen LogP contribution in [0.2, 0.25) is 18.6 Å². The zero-order valence-electron chi connectivity index (χ0n) is 16.5. The molecule has 9 nitrogen and oxygen atoms in total. The van der Waals surface area contributed by atoms with Gasteiger partial charge in [-0.2, -0.15) is 0 Å². The van der Waals surface area contributed by atoms with Crippen molar-refractivity contribution in [1.29, 1.82) is 0 Å². The Bertz CT molecular complexity index is 444. The highest BCUT2D eigenvalue weighted by atomic mass is 28.4. The maximum atomic E-state index is 11.1. The van der Waals surface area contributed by atoms with Crippen LogP contribution in [0.5, 0.6) is 0 Å². The molecule has 0 radical (unpaired) electrons. The van der Waals surface area contributed by atoms with Crippen LogP contribution in [-0.2, 0) is 41.2 Å². The minimum absolute atomic E-state index is 0.0731. The van der Waals surface area contributed by atoms with E-state index in [9.17, 15) is 9.59 Å². The van der Waals surface area contributed by atoms with Gasteiger partial charge in [-0.15, -0.1) is 0 Å². The lowest BCUT2D eigenvalue weighted by atomic mass is 10.6. The van der Waals surface area contributed by atoms with Crippen LogP contribution in [0.3, 0.4) is 0 Å². The Balaban J connectivity index is 4.74. The maximum Gasteiger partial charge on any atom is 0.500 e. The molecular weight excluding hydrogens is 392 g/mol. The Morgan fingerprint density at radius 2 is 1.19 bits per heavy atom. The van der Waals surface area contributed by atoms with Crippen LogP contribution >= 0.6 is 0 Å². The van der Waals surface area contributed by atoms with E-state index >= 15 is 0 Å². The van der Waals surface area contributed by atoms with Gasteiger partial charge < -0.3 is 31.6 Å². The van der Waals surface area contributed by atoms with E-state index in [1.165, 1.54) is 21.3 Å². The fourth-order valence-corrected chi connectivity index (χ4v) is 7.60. The largest absolute Gasteiger partial charge is 0.500 e. The molecule has 0 amide bonds. The standard InChI is InChI=1S/C16H30O9Si2/c1-7-15(17)22-9-11-24-26(6,25-12-10-23-16(18)8-2)13-14-27(19-3,20-4)21-5/h7-8H,1-2,9-14H2,3-6H3. The average Bonchev–Trinajstić information content (AvgIpc) is 2.69. The van der Waals surface area contributed by atoms with Gasteiger partial charge in [0.25, 0.3) is 0 Å². The lowest BCUT2D eigenvalue weighted by molar-refractivity contribution is -0.139. The molecule has 0 aliphatic heterocycles. The summed E-state index contributed by atoms with van der Waals surface area (Å²) in [5.74, 6) is -1.05. The second-order valence-corrected chi connectivity index (χ2v) is 11.8. The van der Waals surface area contributed by atoms with Crippen molar-refractivity contribution < 1.29 is 41.2 Å². The molecule has 0 unspecified atom stereocenters. The molecule has 0 spiro atoms. The predicted octanol–water partition coefficient (Wildman–Crippen LogP) is 1.43. The quantitative estimate of drug-likeness (QED) is 0.158. The summed E-state index contributed by atoms with van der Waals surface area (Å²) in [4.78, 5) is 22.2. The number of carbonyl (C=O) groups excluding carboxylic acids is 2. The van der Waals surface area contributed by atoms with Crippen molar-refractivity contribution in [3.8, 4) is 0 Å². The summed E-state index contributed by atoms with van der Waals surface area (Å²) < 4.78 is 37.8. The summed E-state index contributed by atoms with van der Waals surface area (Å²) in [6.45, 7) is 8.98. The fraction of sp³-hybridized carbons (Fsp3) is 0.625. The van der Waals surface area contributed by atoms with Crippen molar-refractivity contribution in [2.24, 2.45) is 0 Å². The molecule has 0 saturated carbocycles. The lowest BCUT2D eigenvalue weighted by Crippen LogP contribution is -2.47. The number of ether oxygens (including phenoxy) is 2. The molecule has 0 saturated heterocycles. The monoisotopic (exact) mass is 422 g/mol. The van der Waals surface area contributed by atoms with Gasteiger partial charge in [-0.1, -0.05) is 13.2 Å². The van der Waals surface area contributed by atoms with Crippen LogP contribution in [0.4, 0.5) is 0 Å². The highest BCUT2D eigenvalue weighted by Gasteiger charge is 2.43. The van der Waals surface area contributed by atoms with Gasteiger partial charge in [-0.25, -0.2) is 9.59 Å². The van der Waals surface area contributed by atoms with Crippen LogP contribution in [-0.4, -0.2) is 77.1 Å². The maximum absolute atomic E-state index is 11.1. The normalized spacial score (nSPS) is 11.7. The fourth-order valence-electron chi connectivity index (χ4n) is 2.04. The second kappa shape index (κ2) is 13.8. The van der Waals surface area contributed by atoms with E-state index in [-0.39, 0.29) is 26.4 Å². The van der Waals surface area contributed by atoms with Crippen LogP contribution in [0.25, 0.3) is 0 Å². The molecule has 0 aliphatic rings. The van der Waals surface area contributed by atoms with E-state index in [0.29, 0.717) is 12.1 Å². The van der Waals surface area contributed by atoms with E-state index in [1.807, 2.05) is 6.55 Å². The highest BCUT2D eigenvalue weighted by Crippen LogP contribution is 2.24. The van der Waals surface area contributed by atoms with Gasteiger partial charge in [0.15, 0.2) is 0 Å². The Hall–Kier alpha value is -1.35. The van der Waals surface area contributed by atoms with E-state index in [0.717, 1.165) is 12.2 Å². The number of hydrogen-bond donors (Lipinski definition) is 0. The Morgan fingerprint density at radius 1 is 0.778 bits per heavy atom. The predicted molar refractivity (Wildman–Crippen MR) is 102 cm³/mol. The van der Waals surface area contributed by atoms with Crippen molar-refractivity contribution in [1.82, 2.24) is 0 Å². The van der Waals surface area contributed by atoms with Gasteiger partial charge in [0.2, 0.25) is 0 Å². The molecule has 0 fully saturated rings. The number of esters is 2. The first kappa shape index (κ1) is 25.7. The first-order valence-electron chi connectivity index (χ1n) is 8.32. The number of rotatable bonds is 16. The molecule has 0 bridgehead atoms. The van der Waals surface area contributed by atoms with Gasteiger partial charge in [-0.05, 0) is 12.6 Å². The first-order chi connectivity index (χ1) is 12.8. The molecule has 0 N–H and O–H groups in total. The second-order valence-electron chi connectivity index (χ2n) is 5.37. The average molecular weight is 423 g/mol. The molecule has 156 valence electrons. The van der Waals surface area contributed by atoms with Gasteiger partial charge in [0, 0.05) is 39.5 Å². The minimum Gasteiger partial charge on any atom is -0.460 e. The molecule has 0 heterocycles. The van der Waals surface area contributed by atoms with Crippen LogP contribution in [0, 0.1) is 0 Å². The van der Waals surface area contributed by atoms with E-state index in [4.69, 9.17) is 31.6 Å². The summed E-state index contributed by atoms with van der Waals surface area (Å²) in [7, 11) is -0.911. The molecule has 0 rings (SSSR count). The van der Waals surface area contributed by atoms with E-state index < -0.39 is 29.3 Å². The number of carbonyl (C=O) groups is 2. The van der Waals surface area contributed by atoms with Crippen molar-refractivity contribution in [3.63, 3.8) is 0 Å². The summed E-state index contributed by atoms with van der Waals surface area (Å²) in [6, 6.07) is 0.998. The van der Waals surface area contributed by atoms with Crippen molar-refractivity contribution in [2.75, 3.05) is 47.8 Å². The Morgan fingerprint density at radius 3 is 1.52 bits per heavy atom. The Kier molecular flexibility index (Phi) is 13.1. The summed E-state index contributed by atoms with van der Waals surface area (Å²) >= 11 is 0. The van der Waals surface area contributed by atoms with Gasteiger partial charge in [-0.3, -0.25) is 0 Å². The Labute approximate surface area is 162 Å². The molecule has 27 heavy (non-hydrogen) atoms. The smallest absolute Gasteiger partial charge is 0.460 e. The highest BCUT2D eigenvalue weighted by molar-refractivity contribution is 6.69. The van der Waals surface area contributed by atoms with Crippen LogP contribution in [0.1, 0.15) is 0 Å². The first-order valence-corrected chi connectivity index (χ1v) is 12.8. The third kappa shape index (κ3) is 10.5. The summed E-state index contributed by atoms with van der Waals surface area (Å²) in [6.07, 6.45) is 2.16. The summed E-state index contributed by atoms with van der Waals surface area (Å²) in [5, 5.41) is 0. The van der Waals surface area contributed by atoms with E-state index in [2.05, 4.69) is 13.2 Å². The SMILES string of the molecule is C=CC(=O)OCCO[Si](C)(CC[Si](OC)(OC)OC)OCCOC(=O)C=C. The minimum atomic E-state index is -2.79. The zero-order valence-corrected chi connectivity index (χ0v) is 18.5. The topological polar surface area (TPSA) is 98.8 Å². The van der Waals surface area contributed by atoms with Crippen molar-refractivity contribution in [2.45, 2.75) is 18.6 Å². The molecule has 0 aromatic carbocycles. The molecule has 0 aromatic heterocycles. The molecule has 0 atom stereocenters. The zero-order chi connectivity index (χ0) is 20.8. The van der Waals surface area contributed by atoms with Crippen molar-refractivity contribution in [3.05, 3.63) is 25.3 Å². The van der Waals surface area contributed by atoms with Crippen LogP contribution in [0.15, 0.2) is 25.3 Å². The molecule has 0 aliphatic carbocycles. The van der Waals surface area contributed by atoms with Gasteiger partial charge >= 0.3 is 29.3 Å². The lowest BCUT2D eigenvalue weighted by Gasteiger charge is -2.30. The molecule has 0 aromatic rings. The molecule has 11 heteroatoms. The third-order valence-electron chi connectivity index (χ3n) is 3.62. The van der Waals surface area contributed by atoms with Gasteiger partial charge in [0.1, 0.15) is 13.2 Å². The third-order valence-corrected chi connectivity index (χ3v) is 9.64.